The van der Waals surface area contributed by atoms with Gasteiger partial charge in [-0.1, -0.05) is 11.6 Å². The molecule has 2 aliphatic heterocycles. The van der Waals surface area contributed by atoms with E-state index in [4.69, 9.17) is 16.3 Å². The number of hydrogen-bond donors (Lipinski definition) is 0. The number of thiophene rings is 1. The minimum absolute atomic E-state index is 0.000246. The smallest absolute Gasteiger partial charge is 0.264 e. The van der Waals surface area contributed by atoms with E-state index in [1.807, 2.05) is 51.7 Å². The SMILES string of the molecule is Cc1nn(-c2ccc(Cl)cc2)c2sc(C(=O)N3CCC(C(=O)N4CCOCC4)CC3)cc12. The number of benzene rings is 1. The summed E-state index contributed by atoms with van der Waals surface area (Å²) in [6.07, 6.45) is 1.43. The molecule has 5 rings (SSSR count). The number of hydrogen-bond acceptors (Lipinski definition) is 5. The van der Waals surface area contributed by atoms with Crippen LogP contribution in [0.4, 0.5) is 0 Å². The number of aromatic nitrogens is 2. The fraction of sp³-hybridized carbons (Fsp3) is 0.435. The summed E-state index contributed by atoms with van der Waals surface area (Å²) in [7, 11) is 0. The zero-order valence-corrected chi connectivity index (χ0v) is 19.5. The van der Waals surface area contributed by atoms with E-state index in [2.05, 4.69) is 5.10 Å². The Morgan fingerprint density at radius 1 is 1.06 bits per heavy atom. The van der Waals surface area contributed by atoms with E-state index < -0.39 is 0 Å². The van der Waals surface area contributed by atoms with E-state index in [1.54, 1.807) is 0 Å². The summed E-state index contributed by atoms with van der Waals surface area (Å²) in [5, 5.41) is 6.31. The Hall–Kier alpha value is -2.42. The molecule has 0 radical (unpaired) electrons. The second-order valence-electron chi connectivity index (χ2n) is 8.31. The molecule has 2 aliphatic rings. The van der Waals surface area contributed by atoms with E-state index in [9.17, 15) is 9.59 Å². The predicted molar refractivity (Wildman–Crippen MR) is 125 cm³/mol. The number of aryl methyl sites for hydroxylation is 1. The van der Waals surface area contributed by atoms with E-state index in [0.717, 1.165) is 21.6 Å². The van der Waals surface area contributed by atoms with Crippen LogP contribution in [0.5, 0.6) is 0 Å². The van der Waals surface area contributed by atoms with Gasteiger partial charge in [-0.3, -0.25) is 9.59 Å². The van der Waals surface area contributed by atoms with Crippen molar-refractivity contribution in [3.8, 4) is 5.69 Å². The number of nitrogens with zero attached hydrogens (tertiary/aromatic N) is 4. The van der Waals surface area contributed by atoms with Gasteiger partial charge in [0.1, 0.15) is 4.83 Å². The van der Waals surface area contributed by atoms with E-state index in [0.29, 0.717) is 62.1 Å². The van der Waals surface area contributed by atoms with Crippen LogP contribution in [0.15, 0.2) is 30.3 Å². The molecule has 7 nitrogen and oxygen atoms in total. The van der Waals surface area contributed by atoms with E-state index in [1.165, 1.54) is 11.3 Å². The summed E-state index contributed by atoms with van der Waals surface area (Å²) < 4.78 is 7.22. The fourth-order valence-corrected chi connectivity index (χ4v) is 5.71. The van der Waals surface area contributed by atoms with Crippen LogP contribution < -0.4 is 0 Å². The number of halogens is 1. The summed E-state index contributed by atoms with van der Waals surface area (Å²) in [5.74, 6) is 0.242. The van der Waals surface area contributed by atoms with Crippen molar-refractivity contribution >= 4 is 45.0 Å². The maximum Gasteiger partial charge on any atom is 0.264 e. The molecule has 2 fully saturated rings. The van der Waals surface area contributed by atoms with Crippen LogP contribution in [0.2, 0.25) is 5.02 Å². The average Bonchev–Trinajstić information content (AvgIpc) is 3.40. The first-order chi connectivity index (χ1) is 15.5. The van der Waals surface area contributed by atoms with Crippen LogP contribution in [-0.4, -0.2) is 70.8 Å². The number of fused-ring (bicyclic) bond motifs is 1. The Kier molecular flexibility index (Phi) is 5.92. The normalized spacial score (nSPS) is 17.8. The standard InChI is InChI=1S/C23H25ClN4O3S/c1-15-19-14-20(32-23(19)28(25-15)18-4-2-17(24)3-5-18)22(30)26-8-6-16(7-9-26)21(29)27-10-12-31-13-11-27/h2-5,14,16H,6-13H2,1H3. The third kappa shape index (κ3) is 4.02. The second-order valence-corrected chi connectivity index (χ2v) is 9.77. The lowest BCUT2D eigenvalue weighted by Crippen LogP contribution is -2.47. The van der Waals surface area contributed by atoms with Crippen LogP contribution in [0.25, 0.3) is 15.9 Å². The van der Waals surface area contributed by atoms with Gasteiger partial charge in [-0.2, -0.15) is 5.10 Å². The van der Waals surface area contributed by atoms with Crippen molar-refractivity contribution in [2.75, 3.05) is 39.4 Å². The van der Waals surface area contributed by atoms with Crippen LogP contribution in [-0.2, 0) is 9.53 Å². The van der Waals surface area contributed by atoms with Crippen molar-refractivity contribution in [1.29, 1.82) is 0 Å². The third-order valence-corrected chi connectivity index (χ3v) is 7.63. The highest BCUT2D eigenvalue weighted by Gasteiger charge is 2.32. The lowest BCUT2D eigenvalue weighted by molar-refractivity contribution is -0.141. The van der Waals surface area contributed by atoms with Crippen LogP contribution >= 0.6 is 22.9 Å². The van der Waals surface area contributed by atoms with Crippen molar-refractivity contribution in [2.45, 2.75) is 19.8 Å². The number of ether oxygens (including phenoxy) is 1. The number of carbonyl (C=O) groups excluding carboxylic acids is 2. The molecule has 9 heteroatoms. The molecular formula is C23H25ClN4O3S. The van der Waals surface area contributed by atoms with Gasteiger partial charge in [-0.25, -0.2) is 4.68 Å². The highest BCUT2D eigenvalue weighted by molar-refractivity contribution is 7.20. The third-order valence-electron chi connectivity index (χ3n) is 6.28. The van der Waals surface area contributed by atoms with Gasteiger partial charge in [0, 0.05) is 42.5 Å². The molecule has 2 aromatic heterocycles. The molecule has 0 unspecified atom stereocenters. The molecule has 0 atom stereocenters. The van der Waals surface area contributed by atoms with Crippen LogP contribution in [0.3, 0.4) is 0 Å². The fourth-order valence-electron chi connectivity index (χ4n) is 4.44. The number of amides is 2. The maximum atomic E-state index is 13.2. The van der Waals surface area contributed by atoms with Gasteiger partial charge in [0.2, 0.25) is 5.91 Å². The number of carbonyl (C=O) groups is 2. The molecule has 0 bridgehead atoms. The van der Waals surface area contributed by atoms with Crippen LogP contribution in [0, 0.1) is 12.8 Å². The van der Waals surface area contributed by atoms with Crippen LogP contribution in [0.1, 0.15) is 28.2 Å². The van der Waals surface area contributed by atoms with Gasteiger partial charge < -0.3 is 14.5 Å². The number of rotatable bonds is 3. The van der Waals surface area contributed by atoms with Gasteiger partial charge in [0.25, 0.3) is 5.91 Å². The van der Waals surface area contributed by atoms with Gasteiger partial charge in [0.05, 0.1) is 29.5 Å². The minimum Gasteiger partial charge on any atom is -0.378 e. The first-order valence-electron chi connectivity index (χ1n) is 10.9. The summed E-state index contributed by atoms with van der Waals surface area (Å²) in [4.78, 5) is 31.4. The zero-order chi connectivity index (χ0) is 22.2. The second kappa shape index (κ2) is 8.84. The summed E-state index contributed by atoms with van der Waals surface area (Å²) >= 11 is 7.48. The molecule has 1 aromatic carbocycles. The van der Waals surface area contributed by atoms with Gasteiger partial charge in [0.15, 0.2) is 0 Å². The molecule has 168 valence electrons. The summed E-state index contributed by atoms with van der Waals surface area (Å²) in [6.45, 7) is 5.74. The van der Waals surface area contributed by atoms with Crippen molar-refractivity contribution in [2.24, 2.45) is 5.92 Å². The van der Waals surface area contributed by atoms with Crippen molar-refractivity contribution < 1.29 is 14.3 Å². The minimum atomic E-state index is 0.000246. The molecule has 0 N–H and O–H groups in total. The molecule has 3 aromatic rings. The van der Waals surface area contributed by atoms with E-state index >= 15 is 0 Å². The molecule has 2 saturated heterocycles. The summed E-state index contributed by atoms with van der Waals surface area (Å²) in [5.41, 5.74) is 1.80. The van der Waals surface area contributed by atoms with Gasteiger partial charge >= 0.3 is 0 Å². The van der Waals surface area contributed by atoms with E-state index in [-0.39, 0.29) is 17.7 Å². The Morgan fingerprint density at radius 2 is 1.75 bits per heavy atom. The lowest BCUT2D eigenvalue weighted by atomic mass is 9.95. The number of likely N-dealkylation sites (tertiary alicyclic amines) is 1. The predicted octanol–water partition coefficient (Wildman–Crippen LogP) is 3.76. The van der Waals surface area contributed by atoms with Crippen molar-refractivity contribution in [1.82, 2.24) is 19.6 Å². The first-order valence-corrected chi connectivity index (χ1v) is 12.1. The Bertz CT molecular complexity index is 1140. The Labute approximate surface area is 195 Å². The lowest BCUT2D eigenvalue weighted by Gasteiger charge is -2.35. The Balaban J connectivity index is 1.30. The topological polar surface area (TPSA) is 67.7 Å². The number of morpholine rings is 1. The van der Waals surface area contributed by atoms with Crippen molar-refractivity contribution in [3.63, 3.8) is 0 Å². The molecule has 0 saturated carbocycles. The largest absolute Gasteiger partial charge is 0.378 e. The number of piperidine rings is 1. The quantitative estimate of drug-likeness (QED) is 0.582. The maximum absolute atomic E-state index is 13.2. The highest BCUT2D eigenvalue weighted by atomic mass is 35.5. The zero-order valence-electron chi connectivity index (χ0n) is 17.9. The monoisotopic (exact) mass is 472 g/mol. The highest BCUT2D eigenvalue weighted by Crippen LogP contribution is 2.32. The van der Waals surface area contributed by atoms with Gasteiger partial charge in [-0.15, -0.1) is 11.3 Å². The molecular weight excluding hydrogens is 448 g/mol. The molecule has 32 heavy (non-hydrogen) atoms. The summed E-state index contributed by atoms with van der Waals surface area (Å²) in [6, 6.07) is 9.46. The Morgan fingerprint density at radius 3 is 2.44 bits per heavy atom. The molecule has 4 heterocycles. The van der Waals surface area contributed by atoms with Crippen molar-refractivity contribution in [3.05, 3.63) is 45.9 Å². The molecule has 0 aliphatic carbocycles. The molecule has 2 amide bonds. The first kappa shape index (κ1) is 21.4. The van der Waals surface area contributed by atoms with Gasteiger partial charge in [-0.05, 0) is 50.1 Å². The average molecular weight is 473 g/mol. The molecule has 0 spiro atoms.